The number of piperazine rings is 1. The molecule has 1 aromatic carbocycles. The van der Waals surface area contributed by atoms with E-state index in [1.807, 2.05) is 6.92 Å². The second-order valence-corrected chi connectivity index (χ2v) is 11.6. The first kappa shape index (κ1) is 32.1. The maximum atomic E-state index is 13.5. The third-order valence-corrected chi connectivity index (χ3v) is 8.46. The van der Waals surface area contributed by atoms with Crippen molar-refractivity contribution < 1.29 is 27.9 Å². The standard InChI is InChI=1S/C30H32F3N7O4S/c1-3-6-34-29(44)37-25-14-20(27-36-24(17-45-27)30(31,32)33)21(15-35-25)18-4-5-19-23(13-18)40(16-22(26(19)41)28(42)43)12-11-39-9-7-38(2)8-10-39/h4-5,13-17H,3,6-12H2,1-2H3,(H,42,43)(H2,34,35,37,44). The Morgan fingerprint density at radius 3 is 2.51 bits per heavy atom. The van der Waals surface area contributed by atoms with Gasteiger partial charge in [0.1, 0.15) is 16.4 Å². The predicted octanol–water partition coefficient (Wildman–Crippen LogP) is 4.68. The van der Waals surface area contributed by atoms with Gasteiger partial charge in [0.05, 0.1) is 5.52 Å². The van der Waals surface area contributed by atoms with Crippen LogP contribution in [0.4, 0.5) is 23.8 Å². The monoisotopic (exact) mass is 643 g/mol. The summed E-state index contributed by atoms with van der Waals surface area (Å²) < 4.78 is 42.1. The molecular formula is C30H32F3N7O4S. The highest BCUT2D eigenvalue weighted by molar-refractivity contribution is 7.13. The number of aromatic carboxylic acids is 1. The van der Waals surface area contributed by atoms with Crippen molar-refractivity contribution in [1.29, 1.82) is 0 Å². The van der Waals surface area contributed by atoms with Crippen LogP contribution in [0.25, 0.3) is 32.6 Å². The van der Waals surface area contributed by atoms with E-state index in [2.05, 4.69) is 37.4 Å². The molecule has 0 unspecified atom stereocenters. The van der Waals surface area contributed by atoms with E-state index in [0.29, 0.717) is 48.3 Å². The molecule has 238 valence electrons. The molecule has 0 bridgehead atoms. The number of thiazole rings is 1. The summed E-state index contributed by atoms with van der Waals surface area (Å²) >= 11 is 0.802. The van der Waals surface area contributed by atoms with E-state index in [9.17, 15) is 32.7 Å². The van der Waals surface area contributed by atoms with Gasteiger partial charge in [0, 0.05) is 80.1 Å². The number of carbonyl (C=O) groups is 2. The van der Waals surface area contributed by atoms with Crippen molar-refractivity contribution in [1.82, 2.24) is 29.7 Å². The summed E-state index contributed by atoms with van der Waals surface area (Å²) in [5.74, 6) is -1.22. The molecule has 11 nitrogen and oxygen atoms in total. The van der Waals surface area contributed by atoms with Crippen molar-refractivity contribution in [3.05, 3.63) is 63.5 Å². The molecule has 5 rings (SSSR count). The molecule has 0 atom stereocenters. The second-order valence-electron chi connectivity index (χ2n) is 10.8. The van der Waals surface area contributed by atoms with E-state index in [-0.39, 0.29) is 21.8 Å². The number of halogens is 3. The van der Waals surface area contributed by atoms with Crippen LogP contribution in [0.1, 0.15) is 29.4 Å². The maximum Gasteiger partial charge on any atom is 0.434 e. The number of amides is 2. The number of carboxylic acids is 1. The Hall–Kier alpha value is -4.34. The zero-order chi connectivity index (χ0) is 32.3. The van der Waals surface area contributed by atoms with E-state index in [1.54, 1.807) is 16.7 Å². The Morgan fingerprint density at radius 2 is 1.84 bits per heavy atom. The number of rotatable bonds is 9. The lowest BCUT2D eigenvalue weighted by Crippen LogP contribution is -2.45. The fourth-order valence-corrected chi connectivity index (χ4v) is 5.93. The molecule has 1 aliphatic heterocycles. The van der Waals surface area contributed by atoms with Crippen LogP contribution < -0.4 is 16.1 Å². The van der Waals surface area contributed by atoms with Gasteiger partial charge >= 0.3 is 18.2 Å². The van der Waals surface area contributed by atoms with Crippen LogP contribution >= 0.6 is 11.3 Å². The number of carboxylic acid groups (broad SMARTS) is 1. The van der Waals surface area contributed by atoms with Gasteiger partial charge < -0.3 is 19.9 Å². The van der Waals surface area contributed by atoms with Crippen LogP contribution in [0, 0.1) is 0 Å². The highest BCUT2D eigenvalue weighted by atomic mass is 32.1. The lowest BCUT2D eigenvalue weighted by Gasteiger charge is -2.32. The van der Waals surface area contributed by atoms with Crippen LogP contribution in [0.3, 0.4) is 0 Å². The fourth-order valence-electron chi connectivity index (χ4n) is 5.07. The number of anilines is 1. The molecule has 1 aliphatic rings. The molecule has 15 heteroatoms. The third-order valence-electron chi connectivity index (χ3n) is 7.58. The number of nitrogens with one attached hydrogen (secondary N) is 2. The molecule has 45 heavy (non-hydrogen) atoms. The van der Waals surface area contributed by atoms with Crippen molar-refractivity contribution in [3.8, 4) is 21.7 Å². The van der Waals surface area contributed by atoms with Crippen LogP contribution in [0.5, 0.6) is 0 Å². The molecule has 1 fully saturated rings. The van der Waals surface area contributed by atoms with Gasteiger partial charge in [0.2, 0.25) is 5.43 Å². The number of nitrogens with zero attached hydrogens (tertiary/aromatic N) is 5. The van der Waals surface area contributed by atoms with Crippen molar-refractivity contribution in [2.45, 2.75) is 26.1 Å². The first-order chi connectivity index (χ1) is 21.4. The summed E-state index contributed by atoms with van der Waals surface area (Å²) in [6, 6.07) is 5.76. The Labute approximate surface area is 260 Å². The van der Waals surface area contributed by atoms with Gasteiger partial charge in [-0.05, 0) is 37.2 Å². The van der Waals surface area contributed by atoms with Crippen molar-refractivity contribution >= 4 is 40.1 Å². The lowest BCUT2D eigenvalue weighted by atomic mass is 9.99. The van der Waals surface area contributed by atoms with Gasteiger partial charge in [-0.3, -0.25) is 15.0 Å². The molecule has 0 spiro atoms. The summed E-state index contributed by atoms with van der Waals surface area (Å²) in [6.07, 6.45) is -1.17. The summed E-state index contributed by atoms with van der Waals surface area (Å²) in [4.78, 5) is 50.0. The average Bonchev–Trinajstić information content (AvgIpc) is 3.52. The normalized spacial score (nSPS) is 14.5. The molecule has 0 radical (unpaired) electrons. The summed E-state index contributed by atoms with van der Waals surface area (Å²) in [6.45, 7) is 6.87. The molecule has 0 aliphatic carbocycles. The molecule has 2 amide bonds. The number of aromatic nitrogens is 3. The Kier molecular flexibility index (Phi) is 9.51. The van der Waals surface area contributed by atoms with Gasteiger partial charge in [-0.2, -0.15) is 13.2 Å². The minimum Gasteiger partial charge on any atom is -0.477 e. The van der Waals surface area contributed by atoms with E-state index in [0.717, 1.165) is 42.9 Å². The van der Waals surface area contributed by atoms with E-state index in [1.165, 1.54) is 24.5 Å². The number of hydrogen-bond acceptors (Lipinski definition) is 8. The minimum absolute atomic E-state index is 0.0607. The van der Waals surface area contributed by atoms with Crippen LogP contribution in [0.15, 0.2) is 46.8 Å². The summed E-state index contributed by atoms with van der Waals surface area (Å²) in [5.41, 5.74) is -0.326. The smallest absolute Gasteiger partial charge is 0.434 e. The van der Waals surface area contributed by atoms with Gasteiger partial charge in [-0.15, -0.1) is 11.3 Å². The highest BCUT2D eigenvalue weighted by Crippen LogP contribution is 2.39. The first-order valence-electron chi connectivity index (χ1n) is 14.3. The predicted molar refractivity (Wildman–Crippen MR) is 166 cm³/mol. The molecule has 4 heterocycles. The van der Waals surface area contributed by atoms with Gasteiger partial charge in [0.15, 0.2) is 5.69 Å². The number of benzene rings is 1. The quantitative estimate of drug-likeness (QED) is 0.240. The number of carbonyl (C=O) groups excluding carboxylic acids is 1. The number of fused-ring (bicyclic) bond motifs is 1. The Morgan fingerprint density at radius 1 is 1.09 bits per heavy atom. The number of pyridine rings is 2. The summed E-state index contributed by atoms with van der Waals surface area (Å²) in [7, 11) is 2.05. The SMILES string of the molecule is CCCNC(=O)Nc1cc(-c2nc(C(F)(F)F)cs2)c(-c2ccc3c(=O)c(C(=O)O)cn(CCN4CCN(C)CC4)c3c2)cn1. The van der Waals surface area contributed by atoms with Gasteiger partial charge in [-0.1, -0.05) is 13.0 Å². The molecule has 3 N–H and O–H groups in total. The van der Waals surface area contributed by atoms with Crippen LogP contribution in [-0.2, 0) is 12.7 Å². The topological polar surface area (TPSA) is 133 Å². The van der Waals surface area contributed by atoms with Crippen molar-refractivity contribution in [3.63, 3.8) is 0 Å². The summed E-state index contributed by atoms with van der Waals surface area (Å²) in [5, 5.41) is 16.2. The largest absolute Gasteiger partial charge is 0.477 e. The third kappa shape index (κ3) is 7.32. The molecule has 4 aromatic rings. The fraction of sp³-hybridized carbons (Fsp3) is 0.367. The second kappa shape index (κ2) is 13.3. The zero-order valence-corrected chi connectivity index (χ0v) is 25.5. The van der Waals surface area contributed by atoms with Crippen molar-refractivity contribution in [2.24, 2.45) is 0 Å². The van der Waals surface area contributed by atoms with E-state index >= 15 is 0 Å². The maximum absolute atomic E-state index is 13.5. The van der Waals surface area contributed by atoms with Crippen LogP contribution in [-0.4, -0.2) is 87.8 Å². The highest BCUT2D eigenvalue weighted by Gasteiger charge is 2.34. The molecular weight excluding hydrogens is 611 g/mol. The van der Waals surface area contributed by atoms with E-state index in [4.69, 9.17) is 0 Å². The average molecular weight is 644 g/mol. The van der Waals surface area contributed by atoms with Gasteiger partial charge in [0.25, 0.3) is 0 Å². The first-order valence-corrected chi connectivity index (χ1v) is 15.2. The minimum atomic E-state index is -4.65. The molecule has 3 aromatic heterocycles. The van der Waals surface area contributed by atoms with Crippen LogP contribution in [0.2, 0.25) is 0 Å². The number of likely N-dealkylation sites (N-methyl/N-ethyl adjacent to an activating group) is 1. The zero-order valence-electron chi connectivity index (χ0n) is 24.6. The number of urea groups is 1. The Bertz CT molecular complexity index is 1780. The number of alkyl halides is 3. The molecule has 1 saturated heterocycles. The van der Waals surface area contributed by atoms with Gasteiger partial charge in [-0.25, -0.2) is 19.6 Å². The Balaban J connectivity index is 1.59. The van der Waals surface area contributed by atoms with E-state index < -0.39 is 29.3 Å². The lowest BCUT2D eigenvalue weighted by molar-refractivity contribution is -0.140. The van der Waals surface area contributed by atoms with Crippen molar-refractivity contribution in [2.75, 3.05) is 51.6 Å². The molecule has 0 saturated carbocycles. The number of hydrogen-bond donors (Lipinski definition) is 3.